The third-order valence-electron chi connectivity index (χ3n) is 2.68. The Morgan fingerprint density at radius 2 is 1.58 bits per heavy atom. The Labute approximate surface area is 104 Å². The molecule has 0 aliphatic carbocycles. The lowest BCUT2D eigenvalue weighted by Gasteiger charge is -1.97. The lowest BCUT2D eigenvalue weighted by Crippen LogP contribution is -1.86. The molecule has 6 heteroatoms. The minimum absolute atomic E-state index is 0.0675. The number of halogens is 4. The van der Waals surface area contributed by atoms with Crippen LogP contribution in [0.4, 0.5) is 17.6 Å². The number of imidazole rings is 1. The molecule has 0 fully saturated rings. The first-order valence-corrected chi connectivity index (χ1v) is 5.35. The molecule has 0 spiro atoms. The van der Waals surface area contributed by atoms with Gasteiger partial charge in [0.05, 0.1) is 5.52 Å². The number of rotatable bonds is 1. The number of aromatic nitrogens is 2. The van der Waals surface area contributed by atoms with E-state index in [9.17, 15) is 17.6 Å². The highest BCUT2D eigenvalue weighted by atomic mass is 19.2. The van der Waals surface area contributed by atoms with Crippen LogP contribution in [0.25, 0.3) is 22.4 Å². The highest BCUT2D eigenvalue weighted by Gasteiger charge is 2.13. The number of hydrogen-bond donors (Lipinski definition) is 1. The van der Waals surface area contributed by atoms with Gasteiger partial charge >= 0.3 is 0 Å². The summed E-state index contributed by atoms with van der Waals surface area (Å²) in [5, 5.41) is 0. The number of hydrogen-bond acceptors (Lipinski definition) is 1. The van der Waals surface area contributed by atoms with Crippen molar-refractivity contribution in [2.45, 2.75) is 0 Å². The predicted octanol–water partition coefficient (Wildman–Crippen LogP) is 3.79. The van der Waals surface area contributed by atoms with Gasteiger partial charge in [-0.1, -0.05) is 0 Å². The van der Waals surface area contributed by atoms with Crippen molar-refractivity contribution in [3.63, 3.8) is 0 Å². The van der Waals surface area contributed by atoms with Gasteiger partial charge in [-0.15, -0.1) is 0 Å². The fourth-order valence-corrected chi connectivity index (χ4v) is 1.84. The normalized spacial score (nSPS) is 11.2. The first-order chi connectivity index (χ1) is 9.04. The lowest BCUT2D eigenvalue weighted by atomic mass is 10.2. The average Bonchev–Trinajstić information content (AvgIpc) is 2.77. The molecular formula is C13H6F4N2. The van der Waals surface area contributed by atoms with Crippen molar-refractivity contribution in [1.29, 1.82) is 0 Å². The van der Waals surface area contributed by atoms with E-state index in [1.807, 2.05) is 0 Å². The zero-order valence-corrected chi connectivity index (χ0v) is 9.35. The number of nitrogens with zero attached hydrogens (tertiary/aromatic N) is 1. The maximum Gasteiger partial charge on any atom is 0.186 e. The van der Waals surface area contributed by atoms with Crippen molar-refractivity contribution in [2.75, 3.05) is 0 Å². The van der Waals surface area contributed by atoms with Gasteiger partial charge in [0, 0.05) is 11.6 Å². The summed E-state index contributed by atoms with van der Waals surface area (Å²) in [5.41, 5.74) is 0.159. The molecule has 0 saturated heterocycles. The Balaban J connectivity index is 2.23. The van der Waals surface area contributed by atoms with Gasteiger partial charge in [-0.3, -0.25) is 0 Å². The number of H-pyrrole nitrogens is 1. The maximum absolute atomic E-state index is 13.5. The van der Waals surface area contributed by atoms with E-state index in [4.69, 9.17) is 0 Å². The summed E-state index contributed by atoms with van der Waals surface area (Å²) in [6.07, 6.45) is 0. The van der Waals surface area contributed by atoms with E-state index in [-0.39, 0.29) is 22.4 Å². The van der Waals surface area contributed by atoms with Crippen molar-refractivity contribution in [3.05, 3.63) is 53.6 Å². The molecule has 1 heterocycles. The van der Waals surface area contributed by atoms with E-state index >= 15 is 0 Å². The van der Waals surface area contributed by atoms with E-state index in [1.165, 1.54) is 6.07 Å². The van der Waals surface area contributed by atoms with E-state index in [0.717, 1.165) is 18.2 Å². The molecule has 0 bridgehead atoms. The monoisotopic (exact) mass is 266 g/mol. The highest BCUT2D eigenvalue weighted by molar-refractivity contribution is 5.80. The van der Waals surface area contributed by atoms with E-state index < -0.39 is 23.3 Å². The first-order valence-electron chi connectivity index (χ1n) is 5.35. The van der Waals surface area contributed by atoms with Crippen molar-refractivity contribution < 1.29 is 17.6 Å². The van der Waals surface area contributed by atoms with Gasteiger partial charge in [0.25, 0.3) is 0 Å². The first kappa shape index (κ1) is 11.7. The molecule has 0 aliphatic rings. The van der Waals surface area contributed by atoms with E-state index in [1.54, 1.807) is 0 Å². The summed E-state index contributed by atoms with van der Waals surface area (Å²) in [6.45, 7) is 0. The Morgan fingerprint density at radius 3 is 2.26 bits per heavy atom. The Kier molecular flexibility index (Phi) is 2.51. The van der Waals surface area contributed by atoms with Crippen LogP contribution in [0.3, 0.4) is 0 Å². The Hall–Kier alpha value is -2.37. The van der Waals surface area contributed by atoms with Crippen LogP contribution < -0.4 is 0 Å². The van der Waals surface area contributed by atoms with Crippen LogP contribution >= 0.6 is 0 Å². The average molecular weight is 266 g/mol. The second-order valence-corrected chi connectivity index (χ2v) is 4.00. The minimum atomic E-state index is -1.10. The summed E-state index contributed by atoms with van der Waals surface area (Å²) in [5.74, 6) is -3.62. The van der Waals surface area contributed by atoms with Gasteiger partial charge in [-0.25, -0.2) is 22.5 Å². The zero-order chi connectivity index (χ0) is 13.6. The summed E-state index contributed by atoms with van der Waals surface area (Å²) in [4.78, 5) is 6.50. The SMILES string of the molecule is Fc1cc(F)cc(-c2nc3c(F)c(F)ccc3[nH]2)c1. The minimum Gasteiger partial charge on any atom is -0.338 e. The van der Waals surface area contributed by atoms with Crippen LogP contribution in [0.2, 0.25) is 0 Å². The number of aromatic amines is 1. The quantitative estimate of drug-likeness (QED) is 0.667. The second kappa shape index (κ2) is 4.08. The molecule has 1 aromatic heterocycles. The molecule has 2 nitrogen and oxygen atoms in total. The Morgan fingerprint density at radius 1 is 0.895 bits per heavy atom. The topological polar surface area (TPSA) is 28.7 Å². The molecule has 19 heavy (non-hydrogen) atoms. The van der Waals surface area contributed by atoms with Gasteiger partial charge in [0.15, 0.2) is 11.6 Å². The molecule has 0 unspecified atom stereocenters. The van der Waals surface area contributed by atoms with Gasteiger partial charge in [-0.2, -0.15) is 0 Å². The molecule has 3 rings (SSSR count). The molecule has 0 atom stereocenters. The summed E-state index contributed by atoms with van der Waals surface area (Å²) in [6, 6.07) is 5.07. The zero-order valence-electron chi connectivity index (χ0n) is 9.35. The number of benzene rings is 2. The molecule has 96 valence electrons. The third-order valence-corrected chi connectivity index (χ3v) is 2.68. The maximum atomic E-state index is 13.5. The molecule has 0 radical (unpaired) electrons. The fraction of sp³-hybridized carbons (Fsp3) is 0. The van der Waals surface area contributed by atoms with E-state index in [0.29, 0.717) is 6.07 Å². The smallest absolute Gasteiger partial charge is 0.186 e. The van der Waals surface area contributed by atoms with Crippen molar-refractivity contribution in [3.8, 4) is 11.4 Å². The molecule has 1 N–H and O–H groups in total. The van der Waals surface area contributed by atoms with Crippen LogP contribution in [-0.4, -0.2) is 9.97 Å². The molecule has 3 aromatic rings. The lowest BCUT2D eigenvalue weighted by molar-refractivity contribution is 0.515. The largest absolute Gasteiger partial charge is 0.338 e. The van der Waals surface area contributed by atoms with Crippen LogP contribution in [0.15, 0.2) is 30.3 Å². The number of fused-ring (bicyclic) bond motifs is 1. The van der Waals surface area contributed by atoms with Crippen LogP contribution in [-0.2, 0) is 0 Å². The molecule has 0 amide bonds. The summed E-state index contributed by atoms with van der Waals surface area (Å²) >= 11 is 0. The van der Waals surface area contributed by atoms with Crippen molar-refractivity contribution in [1.82, 2.24) is 9.97 Å². The fourth-order valence-electron chi connectivity index (χ4n) is 1.84. The van der Waals surface area contributed by atoms with Crippen molar-refractivity contribution in [2.24, 2.45) is 0 Å². The van der Waals surface area contributed by atoms with E-state index in [2.05, 4.69) is 9.97 Å². The third kappa shape index (κ3) is 1.95. The van der Waals surface area contributed by atoms with Crippen molar-refractivity contribution >= 4 is 11.0 Å². The molecular weight excluding hydrogens is 260 g/mol. The van der Waals surface area contributed by atoms with Gasteiger partial charge in [0.1, 0.15) is 23.0 Å². The highest BCUT2D eigenvalue weighted by Crippen LogP contribution is 2.24. The predicted molar refractivity (Wildman–Crippen MR) is 61.4 cm³/mol. The summed E-state index contributed by atoms with van der Waals surface area (Å²) < 4.78 is 52.7. The standard InChI is InChI=1S/C13H6F4N2/c14-7-3-6(4-8(15)5-7)13-18-10-2-1-9(16)11(17)12(10)19-13/h1-5H,(H,18,19). The van der Waals surface area contributed by atoms with Crippen LogP contribution in [0.5, 0.6) is 0 Å². The van der Waals surface area contributed by atoms with Gasteiger partial charge in [0.2, 0.25) is 0 Å². The molecule has 0 saturated carbocycles. The second-order valence-electron chi connectivity index (χ2n) is 4.00. The van der Waals surface area contributed by atoms with Gasteiger partial charge < -0.3 is 4.98 Å². The summed E-state index contributed by atoms with van der Waals surface area (Å²) in [7, 11) is 0. The van der Waals surface area contributed by atoms with Crippen LogP contribution in [0, 0.1) is 23.3 Å². The molecule has 0 aliphatic heterocycles. The van der Waals surface area contributed by atoms with Crippen LogP contribution in [0.1, 0.15) is 0 Å². The van der Waals surface area contributed by atoms with Gasteiger partial charge in [-0.05, 0) is 24.3 Å². The molecule has 2 aromatic carbocycles. The number of nitrogens with one attached hydrogen (secondary N) is 1. The Bertz CT molecular complexity index is 759.